The number of amides is 1. The van der Waals surface area contributed by atoms with Gasteiger partial charge in [0.15, 0.2) is 0 Å². The van der Waals surface area contributed by atoms with E-state index < -0.39 is 27.7 Å². The van der Waals surface area contributed by atoms with Crippen LogP contribution in [-0.4, -0.2) is 56.0 Å². The van der Waals surface area contributed by atoms with Gasteiger partial charge in [0.05, 0.1) is 11.8 Å². The van der Waals surface area contributed by atoms with Crippen LogP contribution in [0.25, 0.3) is 0 Å². The second-order valence-electron chi connectivity index (χ2n) is 7.17. The van der Waals surface area contributed by atoms with Crippen LogP contribution >= 0.6 is 0 Å². The number of nitrogens with one attached hydrogen (secondary N) is 1. The number of rotatable bonds is 5. The Morgan fingerprint density at radius 3 is 2.23 bits per heavy atom. The van der Waals surface area contributed by atoms with Gasteiger partial charge in [-0.25, -0.2) is 8.42 Å². The van der Waals surface area contributed by atoms with E-state index in [9.17, 15) is 26.4 Å². The minimum absolute atomic E-state index is 0.273. The van der Waals surface area contributed by atoms with E-state index in [0.29, 0.717) is 38.3 Å². The van der Waals surface area contributed by atoms with E-state index in [1.54, 1.807) is 18.2 Å². The van der Waals surface area contributed by atoms with Gasteiger partial charge < -0.3 is 5.32 Å². The van der Waals surface area contributed by atoms with E-state index in [0.717, 1.165) is 17.7 Å². The van der Waals surface area contributed by atoms with Crippen LogP contribution in [0, 0.1) is 0 Å². The zero-order valence-electron chi connectivity index (χ0n) is 16.3. The Morgan fingerprint density at radius 2 is 1.67 bits per heavy atom. The van der Waals surface area contributed by atoms with Gasteiger partial charge in [-0.15, -0.1) is 0 Å². The Labute approximate surface area is 173 Å². The first kappa shape index (κ1) is 22.3. The maximum Gasteiger partial charge on any atom is 0.416 e. The molecule has 0 spiro atoms. The largest absolute Gasteiger partial charge is 0.416 e. The second-order valence-corrected chi connectivity index (χ2v) is 9.15. The monoisotopic (exact) mass is 441 g/mol. The van der Waals surface area contributed by atoms with Gasteiger partial charge in [-0.3, -0.25) is 9.69 Å². The summed E-state index contributed by atoms with van der Waals surface area (Å²) in [4.78, 5) is 14.6. The number of anilines is 1. The van der Waals surface area contributed by atoms with E-state index in [1.807, 2.05) is 6.07 Å². The fraction of sp³-hybridized carbons (Fsp3) is 0.350. The van der Waals surface area contributed by atoms with Crippen LogP contribution in [0.4, 0.5) is 18.9 Å². The topological polar surface area (TPSA) is 69.7 Å². The molecular formula is C20H22F3N3O3S. The van der Waals surface area contributed by atoms with Crippen LogP contribution in [0.5, 0.6) is 0 Å². The smallest absolute Gasteiger partial charge is 0.322 e. The lowest BCUT2D eigenvalue weighted by molar-refractivity contribution is -0.137. The molecule has 0 aliphatic carbocycles. The number of carbonyl (C=O) groups excluding carboxylic acids is 1. The Balaban J connectivity index is 1.60. The lowest BCUT2D eigenvalue weighted by Gasteiger charge is -2.33. The number of alkyl halides is 3. The summed E-state index contributed by atoms with van der Waals surface area (Å²) in [5, 5.41) is 2.60. The van der Waals surface area contributed by atoms with Gasteiger partial charge in [-0.05, 0) is 42.0 Å². The Hall–Kier alpha value is -2.43. The van der Waals surface area contributed by atoms with Gasteiger partial charge in [-0.2, -0.15) is 17.5 Å². The van der Waals surface area contributed by atoms with Crippen molar-refractivity contribution >= 4 is 21.6 Å². The summed E-state index contributed by atoms with van der Waals surface area (Å²) in [5.74, 6) is -0.418. The first-order valence-electron chi connectivity index (χ1n) is 9.27. The molecule has 3 rings (SSSR count). The molecule has 0 aromatic heterocycles. The van der Waals surface area contributed by atoms with E-state index in [1.165, 1.54) is 22.7 Å². The van der Waals surface area contributed by atoms with Gasteiger partial charge in [-0.1, -0.05) is 12.1 Å². The maximum atomic E-state index is 12.6. The van der Waals surface area contributed by atoms with Gasteiger partial charge in [0, 0.05) is 44.0 Å². The predicted molar refractivity (Wildman–Crippen MR) is 108 cm³/mol. The van der Waals surface area contributed by atoms with Crippen molar-refractivity contribution in [3.05, 3.63) is 65.2 Å². The number of benzene rings is 2. The summed E-state index contributed by atoms with van der Waals surface area (Å²) in [5.41, 5.74) is 0.777. The van der Waals surface area contributed by atoms with Crippen LogP contribution < -0.4 is 5.32 Å². The molecule has 1 aliphatic heterocycles. The molecular weight excluding hydrogens is 419 g/mol. The lowest BCUT2D eigenvalue weighted by atomic mass is 10.1. The third kappa shape index (κ3) is 5.80. The molecule has 6 nitrogen and oxygen atoms in total. The highest BCUT2D eigenvalue weighted by Gasteiger charge is 2.30. The fourth-order valence-electron chi connectivity index (χ4n) is 3.23. The Morgan fingerprint density at radius 1 is 1.03 bits per heavy atom. The average Bonchev–Trinajstić information content (AvgIpc) is 2.67. The van der Waals surface area contributed by atoms with Crippen LogP contribution in [0.1, 0.15) is 21.5 Å². The summed E-state index contributed by atoms with van der Waals surface area (Å²) in [7, 11) is -3.19. The van der Waals surface area contributed by atoms with E-state index in [4.69, 9.17) is 0 Å². The van der Waals surface area contributed by atoms with Crippen molar-refractivity contribution in [1.82, 2.24) is 9.21 Å². The number of piperazine rings is 1. The van der Waals surface area contributed by atoms with Crippen molar-refractivity contribution in [3.63, 3.8) is 0 Å². The molecule has 2 aromatic rings. The van der Waals surface area contributed by atoms with Crippen molar-refractivity contribution in [3.8, 4) is 0 Å². The van der Waals surface area contributed by atoms with E-state index in [2.05, 4.69) is 10.2 Å². The van der Waals surface area contributed by atoms with Gasteiger partial charge in [0.2, 0.25) is 10.0 Å². The normalized spacial score (nSPS) is 16.4. The van der Waals surface area contributed by atoms with E-state index >= 15 is 0 Å². The number of halogens is 3. The number of carbonyl (C=O) groups is 1. The fourth-order valence-corrected chi connectivity index (χ4v) is 4.06. The third-order valence-corrected chi connectivity index (χ3v) is 6.17. The number of sulfonamides is 1. The summed E-state index contributed by atoms with van der Waals surface area (Å²) in [6, 6.07) is 11.2. The number of hydrogen-bond acceptors (Lipinski definition) is 4. The van der Waals surface area contributed by atoms with Crippen molar-refractivity contribution < 1.29 is 26.4 Å². The Bertz CT molecular complexity index is 1000. The Kier molecular flexibility index (Phi) is 6.49. The zero-order valence-corrected chi connectivity index (χ0v) is 17.1. The minimum atomic E-state index is -4.43. The first-order chi connectivity index (χ1) is 14.0. The van der Waals surface area contributed by atoms with Crippen molar-refractivity contribution in [2.45, 2.75) is 12.7 Å². The zero-order chi connectivity index (χ0) is 21.9. The van der Waals surface area contributed by atoms with Crippen LogP contribution in [0.3, 0.4) is 0 Å². The predicted octanol–water partition coefficient (Wildman–Crippen LogP) is 3.03. The molecule has 1 heterocycles. The summed E-state index contributed by atoms with van der Waals surface area (Å²) >= 11 is 0. The molecule has 30 heavy (non-hydrogen) atoms. The van der Waals surface area contributed by atoms with E-state index in [-0.39, 0.29) is 5.69 Å². The molecule has 1 N–H and O–H groups in total. The highest BCUT2D eigenvalue weighted by atomic mass is 32.2. The summed E-state index contributed by atoms with van der Waals surface area (Å²) in [6.07, 6.45) is -3.23. The van der Waals surface area contributed by atoms with Gasteiger partial charge in [0.25, 0.3) is 5.91 Å². The minimum Gasteiger partial charge on any atom is -0.322 e. The molecule has 0 unspecified atom stereocenters. The average molecular weight is 441 g/mol. The molecule has 1 amide bonds. The first-order valence-corrected chi connectivity index (χ1v) is 11.1. The summed E-state index contributed by atoms with van der Waals surface area (Å²) < 4.78 is 62.6. The van der Waals surface area contributed by atoms with Crippen LogP contribution in [-0.2, 0) is 22.7 Å². The van der Waals surface area contributed by atoms with Gasteiger partial charge >= 0.3 is 6.18 Å². The van der Waals surface area contributed by atoms with Crippen molar-refractivity contribution in [2.24, 2.45) is 0 Å². The molecule has 1 saturated heterocycles. The maximum absolute atomic E-state index is 12.6. The quantitative estimate of drug-likeness (QED) is 0.775. The number of hydrogen-bond donors (Lipinski definition) is 1. The van der Waals surface area contributed by atoms with Crippen molar-refractivity contribution in [1.29, 1.82) is 0 Å². The van der Waals surface area contributed by atoms with Crippen LogP contribution in [0.2, 0.25) is 0 Å². The molecule has 1 aliphatic rings. The SMILES string of the molecule is CS(=O)(=O)N1CCN(Cc2cccc(C(=O)Nc3ccc(C(F)(F)F)cc3)c2)CC1. The molecule has 1 fully saturated rings. The molecule has 0 saturated carbocycles. The molecule has 162 valence electrons. The molecule has 0 radical (unpaired) electrons. The third-order valence-electron chi connectivity index (χ3n) is 4.87. The number of nitrogens with zero attached hydrogens (tertiary/aromatic N) is 2. The summed E-state index contributed by atoms with van der Waals surface area (Å²) in [6.45, 7) is 2.60. The van der Waals surface area contributed by atoms with Crippen molar-refractivity contribution in [2.75, 3.05) is 37.8 Å². The molecule has 0 bridgehead atoms. The van der Waals surface area contributed by atoms with Crippen LogP contribution in [0.15, 0.2) is 48.5 Å². The lowest BCUT2D eigenvalue weighted by Crippen LogP contribution is -2.47. The van der Waals surface area contributed by atoms with Gasteiger partial charge in [0.1, 0.15) is 0 Å². The molecule has 10 heteroatoms. The molecule has 0 atom stereocenters. The second kappa shape index (κ2) is 8.75. The highest BCUT2D eigenvalue weighted by Crippen LogP contribution is 2.29. The molecule has 2 aromatic carbocycles. The standard InChI is InChI=1S/C20H22F3N3O3S/c1-30(28,29)26-11-9-25(10-12-26)14-15-3-2-4-16(13-15)19(27)24-18-7-5-17(6-8-18)20(21,22)23/h2-8,13H,9-12,14H2,1H3,(H,24,27). The highest BCUT2D eigenvalue weighted by molar-refractivity contribution is 7.88.